The lowest BCUT2D eigenvalue weighted by atomic mass is 9.98. The number of ether oxygens (including phenoxy) is 2. The zero-order valence-corrected chi connectivity index (χ0v) is 31.6. The van der Waals surface area contributed by atoms with Crippen molar-refractivity contribution in [1.29, 1.82) is 0 Å². The van der Waals surface area contributed by atoms with E-state index >= 15 is 0 Å². The first-order valence-corrected chi connectivity index (χ1v) is 20.3. The molecule has 1 amide bonds. The molecule has 0 aromatic carbocycles. The van der Waals surface area contributed by atoms with E-state index in [0.717, 1.165) is 0 Å². The van der Waals surface area contributed by atoms with Crippen LogP contribution >= 0.6 is 0 Å². The summed E-state index contributed by atoms with van der Waals surface area (Å²) in [4.78, 5) is 38.9. The van der Waals surface area contributed by atoms with Crippen molar-refractivity contribution in [2.45, 2.75) is 149 Å². The summed E-state index contributed by atoms with van der Waals surface area (Å²) >= 11 is 0. The summed E-state index contributed by atoms with van der Waals surface area (Å²) in [7, 11) is -5.29. The van der Waals surface area contributed by atoms with Gasteiger partial charge in [-0.3, -0.25) is 19.0 Å². The van der Waals surface area contributed by atoms with E-state index in [-0.39, 0.29) is 33.6 Å². The predicted molar refractivity (Wildman–Crippen MR) is 176 cm³/mol. The van der Waals surface area contributed by atoms with Crippen LogP contribution in [0.1, 0.15) is 102 Å². The molecule has 2 aliphatic rings. The average Bonchev–Trinajstić information content (AvgIpc) is 3.17. The fourth-order valence-corrected chi connectivity index (χ4v) is 12.1. The van der Waals surface area contributed by atoms with Crippen molar-refractivity contribution in [2.75, 3.05) is 11.9 Å². The van der Waals surface area contributed by atoms with Crippen molar-refractivity contribution in [3.8, 4) is 0 Å². The number of rotatable bonds is 6. The lowest BCUT2D eigenvalue weighted by molar-refractivity contribution is -0.157. The van der Waals surface area contributed by atoms with Gasteiger partial charge in [0, 0.05) is 22.6 Å². The van der Waals surface area contributed by atoms with Crippen molar-refractivity contribution >= 4 is 34.6 Å². The molecule has 3 rings (SSSR count). The third-order valence-corrected chi connectivity index (χ3v) is 18.6. The molecule has 1 N–H and O–H groups in total. The molecule has 250 valence electrons. The topological polar surface area (TPSA) is 114 Å². The second-order valence-electron chi connectivity index (χ2n) is 16.8. The van der Waals surface area contributed by atoms with Gasteiger partial charge in [-0.15, -0.1) is 0 Å². The number of aromatic nitrogens is 1. The van der Waals surface area contributed by atoms with Gasteiger partial charge in [0.1, 0.15) is 30.2 Å². The monoisotopic (exact) mass is 652 g/mol. The largest absolute Gasteiger partial charge is 0.443 e. The van der Waals surface area contributed by atoms with Gasteiger partial charge in [0.25, 0.3) is 5.56 Å². The number of nitrogens with one attached hydrogen (secondary N) is 1. The maximum Gasteiger partial charge on any atom is 0.349 e. The number of esters is 1. The molecule has 0 saturated carbocycles. The number of fused-ring (bicyclic) bond motifs is 1. The molecule has 4 atom stereocenters. The fraction of sp³-hybridized carbons (Fsp3) is 0.781. The molecule has 0 aliphatic carbocycles. The highest BCUT2D eigenvalue weighted by Crippen LogP contribution is 2.57. The van der Waals surface area contributed by atoms with Crippen LogP contribution in [-0.4, -0.2) is 58.2 Å². The molecule has 0 spiro atoms. The zero-order chi connectivity index (χ0) is 33.8. The number of pyridine rings is 1. The lowest BCUT2D eigenvalue weighted by Crippen LogP contribution is -2.66. The summed E-state index contributed by atoms with van der Waals surface area (Å²) in [6.45, 7) is 30.4. The van der Waals surface area contributed by atoms with Crippen molar-refractivity contribution in [1.82, 2.24) is 4.57 Å². The van der Waals surface area contributed by atoms with Gasteiger partial charge in [-0.05, 0) is 51.0 Å². The van der Waals surface area contributed by atoms with E-state index in [0.29, 0.717) is 12.2 Å². The van der Waals surface area contributed by atoms with Crippen LogP contribution in [0.25, 0.3) is 0 Å². The Bertz CT molecular complexity index is 1280. The van der Waals surface area contributed by atoms with Gasteiger partial charge in [0.05, 0.1) is 12.0 Å². The van der Waals surface area contributed by atoms with E-state index in [2.05, 4.69) is 80.7 Å². The number of anilines is 1. The van der Waals surface area contributed by atoms with E-state index < -0.39 is 58.2 Å². The third kappa shape index (κ3) is 7.10. The number of nitrogens with zero attached hydrogens (tertiary/aromatic N) is 1. The van der Waals surface area contributed by atoms with Gasteiger partial charge >= 0.3 is 14.5 Å². The minimum absolute atomic E-state index is 0.111. The Morgan fingerprint density at radius 2 is 1.57 bits per heavy atom. The molecule has 10 nitrogen and oxygen atoms in total. The number of carbonyl (C=O) groups is 2. The first-order chi connectivity index (χ1) is 19.7. The van der Waals surface area contributed by atoms with Crippen LogP contribution in [0.15, 0.2) is 16.9 Å². The van der Waals surface area contributed by atoms with Gasteiger partial charge in [-0.2, -0.15) is 0 Å². The highest BCUT2D eigenvalue weighted by atomic mass is 28.4. The maximum absolute atomic E-state index is 14.2. The van der Waals surface area contributed by atoms with Crippen LogP contribution in [0.3, 0.4) is 0 Å². The quantitative estimate of drug-likeness (QED) is 0.269. The second kappa shape index (κ2) is 12.1. The van der Waals surface area contributed by atoms with Crippen LogP contribution in [0.4, 0.5) is 5.82 Å². The SMILES string of the molecule is CC(=O)Nc1ccc([C@@H]2O[C@@H]3CO[Si](C(C)(C)C)(C(C)(C)C)O[C@H]3[C@H]2O[Si](C)(C)C(C)(C)C)c(=O)n1COC(=O)C(C)(C)C. The molecule has 12 heteroatoms. The standard InChI is InChI=1S/C32H56N2O8Si2/c1-20(35)33-23-17-16-21(27(36)34(23)19-38-28(37)29(2,3)4)24-26(41-43(14,15)30(5,6)7)25-22(40-24)18-39-44(42-25,31(8,9)10)32(11,12)13/h16-17,22,24-26H,18-19H2,1-15H3,(H,33,35)/t22-,24+,25-,26+/m1/s1. The molecule has 0 unspecified atom stereocenters. The van der Waals surface area contributed by atoms with Crippen molar-refractivity contribution in [3.05, 3.63) is 28.0 Å². The van der Waals surface area contributed by atoms with E-state index in [1.807, 2.05) is 0 Å². The molecule has 0 radical (unpaired) electrons. The molecule has 2 saturated heterocycles. The number of carbonyl (C=O) groups excluding carboxylic acids is 2. The highest BCUT2D eigenvalue weighted by molar-refractivity contribution is 6.74. The molecular weight excluding hydrogens is 597 g/mol. The predicted octanol–water partition coefficient (Wildman–Crippen LogP) is 6.64. The first kappa shape index (κ1) is 36.6. The van der Waals surface area contributed by atoms with E-state index in [1.54, 1.807) is 32.9 Å². The van der Waals surface area contributed by atoms with Gasteiger partial charge < -0.3 is 28.1 Å². The lowest BCUT2D eigenvalue weighted by Gasteiger charge is -2.54. The molecule has 0 bridgehead atoms. The van der Waals surface area contributed by atoms with Gasteiger partial charge in [-0.25, -0.2) is 0 Å². The molecule has 1 aromatic heterocycles. The molecule has 44 heavy (non-hydrogen) atoms. The Hall–Kier alpha value is -1.84. The van der Waals surface area contributed by atoms with Crippen molar-refractivity contribution in [3.63, 3.8) is 0 Å². The summed E-state index contributed by atoms with van der Waals surface area (Å²) in [5.41, 5.74) is -0.872. The minimum Gasteiger partial charge on any atom is -0.443 e. The molecule has 2 aliphatic heterocycles. The Morgan fingerprint density at radius 3 is 2.05 bits per heavy atom. The summed E-state index contributed by atoms with van der Waals surface area (Å²) in [5, 5.41) is 2.07. The smallest absolute Gasteiger partial charge is 0.349 e. The van der Waals surface area contributed by atoms with Gasteiger partial charge in [0.2, 0.25) is 5.91 Å². The maximum atomic E-state index is 14.2. The van der Waals surface area contributed by atoms with E-state index in [4.69, 9.17) is 22.8 Å². The summed E-state index contributed by atoms with van der Waals surface area (Å²) in [6, 6.07) is 3.30. The first-order valence-electron chi connectivity index (χ1n) is 15.6. The van der Waals surface area contributed by atoms with E-state index in [9.17, 15) is 14.4 Å². The number of amides is 1. The van der Waals surface area contributed by atoms with Crippen LogP contribution in [0.5, 0.6) is 0 Å². The average molecular weight is 653 g/mol. The van der Waals surface area contributed by atoms with Crippen molar-refractivity contribution in [2.24, 2.45) is 5.41 Å². The van der Waals surface area contributed by atoms with Crippen LogP contribution in [0, 0.1) is 5.41 Å². The van der Waals surface area contributed by atoms with Gasteiger partial charge in [0.15, 0.2) is 15.0 Å². The molecule has 1 aromatic rings. The van der Waals surface area contributed by atoms with Crippen molar-refractivity contribution < 1.29 is 32.3 Å². The van der Waals surface area contributed by atoms with Gasteiger partial charge in [-0.1, -0.05) is 62.3 Å². The Labute approximate surface area is 265 Å². The second-order valence-corrected chi connectivity index (χ2v) is 26.4. The van der Waals surface area contributed by atoms with Crippen LogP contribution in [0.2, 0.25) is 28.2 Å². The molecule has 3 heterocycles. The minimum atomic E-state index is -2.89. The molecule has 2 fully saturated rings. The summed E-state index contributed by atoms with van der Waals surface area (Å²) in [5.74, 6) is -0.606. The van der Waals surface area contributed by atoms with Crippen LogP contribution in [-0.2, 0) is 39.1 Å². The number of hydrogen-bond acceptors (Lipinski definition) is 8. The molecular formula is C32H56N2O8Si2. The van der Waals surface area contributed by atoms with E-state index in [1.165, 1.54) is 11.5 Å². The Morgan fingerprint density at radius 1 is 1.00 bits per heavy atom. The summed E-state index contributed by atoms with van der Waals surface area (Å²) < 4.78 is 34.4. The normalized spacial score (nSPS) is 24.5. The van der Waals surface area contributed by atoms with Crippen LogP contribution < -0.4 is 10.9 Å². The Kier molecular flexibility index (Phi) is 10.1. The zero-order valence-electron chi connectivity index (χ0n) is 29.6. The Balaban J connectivity index is 2.17. The summed E-state index contributed by atoms with van der Waals surface area (Å²) in [6.07, 6.45) is -2.24. The number of hydrogen-bond donors (Lipinski definition) is 1. The highest BCUT2D eigenvalue weighted by Gasteiger charge is 2.65. The fourth-order valence-electron chi connectivity index (χ4n) is 5.81. The third-order valence-electron chi connectivity index (χ3n) is 9.03.